The Labute approximate surface area is 84.0 Å². The molecule has 0 radical (unpaired) electrons. The van der Waals surface area contributed by atoms with Crippen molar-refractivity contribution in [1.29, 1.82) is 0 Å². The molecule has 0 N–H and O–H groups in total. The molecule has 0 aliphatic carbocycles. The SMILES string of the molecule is CCCC(C)N(C)c1cc(F)ncn1. The van der Waals surface area contributed by atoms with E-state index in [2.05, 4.69) is 23.8 Å². The molecule has 3 nitrogen and oxygen atoms in total. The average molecular weight is 197 g/mol. The number of rotatable bonds is 4. The zero-order chi connectivity index (χ0) is 10.6. The Morgan fingerprint density at radius 2 is 2.21 bits per heavy atom. The predicted molar refractivity (Wildman–Crippen MR) is 54.8 cm³/mol. The zero-order valence-corrected chi connectivity index (χ0v) is 8.87. The molecule has 0 spiro atoms. The molecule has 78 valence electrons. The standard InChI is InChI=1S/C10H16FN3/c1-4-5-8(2)14(3)10-6-9(11)12-7-13-10/h6-8H,4-5H2,1-3H3. The van der Waals surface area contributed by atoms with Crippen molar-refractivity contribution in [2.24, 2.45) is 0 Å². The van der Waals surface area contributed by atoms with Gasteiger partial charge in [0, 0.05) is 19.2 Å². The summed E-state index contributed by atoms with van der Waals surface area (Å²) in [6.45, 7) is 4.23. The zero-order valence-electron chi connectivity index (χ0n) is 8.87. The van der Waals surface area contributed by atoms with Gasteiger partial charge in [-0.15, -0.1) is 0 Å². The number of hydrogen-bond acceptors (Lipinski definition) is 3. The van der Waals surface area contributed by atoms with Crippen molar-refractivity contribution in [3.05, 3.63) is 18.3 Å². The highest BCUT2D eigenvalue weighted by Gasteiger charge is 2.10. The third kappa shape index (κ3) is 2.65. The number of aromatic nitrogens is 2. The highest BCUT2D eigenvalue weighted by Crippen LogP contribution is 2.14. The minimum atomic E-state index is -0.481. The number of anilines is 1. The Morgan fingerprint density at radius 1 is 1.50 bits per heavy atom. The van der Waals surface area contributed by atoms with Gasteiger partial charge >= 0.3 is 0 Å². The summed E-state index contributed by atoms with van der Waals surface area (Å²) in [4.78, 5) is 9.41. The van der Waals surface area contributed by atoms with Gasteiger partial charge in [0.1, 0.15) is 12.1 Å². The van der Waals surface area contributed by atoms with Crippen LogP contribution in [0.3, 0.4) is 0 Å². The lowest BCUT2D eigenvalue weighted by molar-refractivity contribution is 0.570. The molecule has 4 heteroatoms. The van der Waals surface area contributed by atoms with Crippen LogP contribution in [0.2, 0.25) is 0 Å². The summed E-state index contributed by atoms with van der Waals surface area (Å²) in [7, 11) is 1.92. The topological polar surface area (TPSA) is 29.0 Å². The smallest absolute Gasteiger partial charge is 0.218 e. The summed E-state index contributed by atoms with van der Waals surface area (Å²) in [6.07, 6.45) is 3.43. The van der Waals surface area contributed by atoms with Crippen LogP contribution in [0, 0.1) is 5.95 Å². The van der Waals surface area contributed by atoms with Crippen LogP contribution < -0.4 is 4.90 Å². The lowest BCUT2D eigenvalue weighted by Gasteiger charge is -2.25. The van der Waals surface area contributed by atoms with Gasteiger partial charge in [0.25, 0.3) is 0 Å². The Kier molecular flexibility index (Phi) is 3.80. The molecule has 1 unspecified atom stereocenters. The first-order chi connectivity index (χ1) is 6.65. The second-order valence-electron chi connectivity index (χ2n) is 3.45. The molecule has 0 aliphatic heterocycles. The molecule has 1 atom stereocenters. The summed E-state index contributed by atoms with van der Waals surface area (Å²) in [5.74, 6) is 0.156. The van der Waals surface area contributed by atoms with E-state index in [0.29, 0.717) is 11.9 Å². The van der Waals surface area contributed by atoms with Gasteiger partial charge in [-0.2, -0.15) is 4.39 Å². The van der Waals surface area contributed by atoms with Crippen molar-refractivity contribution in [2.45, 2.75) is 32.7 Å². The Bertz CT molecular complexity index is 290. The second kappa shape index (κ2) is 4.88. The van der Waals surface area contributed by atoms with Gasteiger partial charge in [0.05, 0.1) is 0 Å². The van der Waals surface area contributed by atoms with E-state index in [1.807, 2.05) is 11.9 Å². The van der Waals surface area contributed by atoms with Crippen molar-refractivity contribution in [3.63, 3.8) is 0 Å². The van der Waals surface area contributed by atoms with Crippen LogP contribution in [0.5, 0.6) is 0 Å². The Hall–Kier alpha value is -1.19. The Morgan fingerprint density at radius 3 is 2.79 bits per heavy atom. The lowest BCUT2D eigenvalue weighted by Crippen LogP contribution is -2.29. The molecule has 0 saturated heterocycles. The molecule has 0 amide bonds. The molecule has 1 rings (SSSR count). The molecule has 1 aromatic heterocycles. The van der Waals surface area contributed by atoms with Crippen LogP contribution in [0.4, 0.5) is 10.2 Å². The molecule has 1 aromatic rings. The molecular weight excluding hydrogens is 181 g/mol. The van der Waals surface area contributed by atoms with Gasteiger partial charge in [-0.1, -0.05) is 13.3 Å². The molecule has 0 aliphatic rings. The number of hydrogen-bond donors (Lipinski definition) is 0. The van der Waals surface area contributed by atoms with Crippen LogP contribution in [-0.4, -0.2) is 23.1 Å². The first-order valence-electron chi connectivity index (χ1n) is 4.85. The third-order valence-electron chi connectivity index (χ3n) is 2.35. The Balaban J connectivity index is 2.73. The van der Waals surface area contributed by atoms with E-state index in [1.165, 1.54) is 12.4 Å². The van der Waals surface area contributed by atoms with E-state index in [-0.39, 0.29) is 0 Å². The van der Waals surface area contributed by atoms with Gasteiger partial charge in [0.2, 0.25) is 5.95 Å². The largest absolute Gasteiger partial charge is 0.357 e. The van der Waals surface area contributed by atoms with E-state index in [4.69, 9.17) is 0 Å². The molecule has 14 heavy (non-hydrogen) atoms. The van der Waals surface area contributed by atoms with Crippen LogP contribution in [-0.2, 0) is 0 Å². The van der Waals surface area contributed by atoms with E-state index in [1.54, 1.807) is 0 Å². The van der Waals surface area contributed by atoms with E-state index >= 15 is 0 Å². The maximum atomic E-state index is 12.8. The highest BCUT2D eigenvalue weighted by molar-refractivity contribution is 5.36. The van der Waals surface area contributed by atoms with E-state index in [9.17, 15) is 4.39 Å². The maximum Gasteiger partial charge on any atom is 0.218 e. The quantitative estimate of drug-likeness (QED) is 0.693. The first kappa shape index (κ1) is 10.9. The van der Waals surface area contributed by atoms with Crippen molar-refractivity contribution in [1.82, 2.24) is 9.97 Å². The summed E-state index contributed by atoms with van der Waals surface area (Å²) < 4.78 is 12.8. The van der Waals surface area contributed by atoms with Crippen molar-refractivity contribution < 1.29 is 4.39 Å². The molecule has 0 fully saturated rings. The van der Waals surface area contributed by atoms with Crippen molar-refractivity contribution in [2.75, 3.05) is 11.9 Å². The fourth-order valence-electron chi connectivity index (χ4n) is 1.35. The van der Waals surface area contributed by atoms with Crippen LogP contribution in [0.25, 0.3) is 0 Å². The second-order valence-corrected chi connectivity index (χ2v) is 3.45. The van der Waals surface area contributed by atoms with Crippen LogP contribution in [0.15, 0.2) is 12.4 Å². The molecule has 0 saturated carbocycles. The molecule has 0 aromatic carbocycles. The van der Waals surface area contributed by atoms with Gasteiger partial charge in [-0.25, -0.2) is 9.97 Å². The molecule has 0 bridgehead atoms. The van der Waals surface area contributed by atoms with Crippen LogP contribution in [0.1, 0.15) is 26.7 Å². The highest BCUT2D eigenvalue weighted by atomic mass is 19.1. The number of halogens is 1. The van der Waals surface area contributed by atoms with Gasteiger partial charge in [0.15, 0.2) is 0 Å². The average Bonchev–Trinajstić information content (AvgIpc) is 2.17. The van der Waals surface area contributed by atoms with E-state index < -0.39 is 5.95 Å². The predicted octanol–water partition coefficient (Wildman–Crippen LogP) is 2.24. The first-order valence-corrected chi connectivity index (χ1v) is 4.85. The normalized spacial score (nSPS) is 12.6. The van der Waals surface area contributed by atoms with E-state index in [0.717, 1.165) is 12.8 Å². The summed E-state index contributed by atoms with van der Waals surface area (Å²) in [6, 6.07) is 1.72. The summed E-state index contributed by atoms with van der Waals surface area (Å²) >= 11 is 0. The van der Waals surface area contributed by atoms with Crippen LogP contribution >= 0.6 is 0 Å². The summed E-state index contributed by atoms with van der Waals surface area (Å²) in [5, 5.41) is 0. The van der Waals surface area contributed by atoms with Gasteiger partial charge < -0.3 is 4.90 Å². The fraction of sp³-hybridized carbons (Fsp3) is 0.600. The maximum absolute atomic E-state index is 12.8. The van der Waals surface area contributed by atoms with Crippen molar-refractivity contribution >= 4 is 5.82 Å². The molecule has 1 heterocycles. The lowest BCUT2D eigenvalue weighted by atomic mass is 10.2. The minimum absolute atomic E-state index is 0.370. The number of nitrogens with zero attached hydrogens (tertiary/aromatic N) is 3. The van der Waals surface area contributed by atoms with Gasteiger partial charge in [-0.05, 0) is 13.3 Å². The van der Waals surface area contributed by atoms with Crippen molar-refractivity contribution in [3.8, 4) is 0 Å². The fourth-order valence-corrected chi connectivity index (χ4v) is 1.35. The minimum Gasteiger partial charge on any atom is -0.357 e. The monoisotopic (exact) mass is 197 g/mol. The third-order valence-corrected chi connectivity index (χ3v) is 2.35. The summed E-state index contributed by atoms with van der Waals surface area (Å²) in [5.41, 5.74) is 0. The molecular formula is C10H16FN3. The van der Waals surface area contributed by atoms with Gasteiger partial charge in [-0.3, -0.25) is 0 Å².